The van der Waals surface area contributed by atoms with E-state index in [0.717, 1.165) is 28.7 Å². The average molecular weight is 437 g/mol. The fourth-order valence-electron chi connectivity index (χ4n) is 3.90. The van der Waals surface area contributed by atoms with Crippen molar-refractivity contribution in [3.8, 4) is 11.1 Å². The lowest BCUT2D eigenvalue weighted by Gasteiger charge is -2.19. The third kappa shape index (κ3) is 5.75. The molecule has 2 aromatic carbocycles. The largest absolute Gasteiger partial charge is 0.481 e. The Labute approximate surface area is 187 Å². The number of aliphatic carboxylic acids is 1. The minimum Gasteiger partial charge on any atom is -0.481 e. The molecule has 3 N–H and O–H groups in total. The number of unbranched alkanes of at least 4 members (excludes halogenated alkanes) is 1. The molecule has 0 saturated carbocycles. The predicted octanol–water partition coefficient (Wildman–Crippen LogP) is 3.84. The van der Waals surface area contributed by atoms with Crippen molar-refractivity contribution in [1.29, 1.82) is 0 Å². The zero-order chi connectivity index (χ0) is 22.9. The molecule has 0 aliphatic heterocycles. The Balaban J connectivity index is 1.61. The van der Waals surface area contributed by atoms with Crippen molar-refractivity contribution < 1.29 is 24.2 Å². The molecule has 0 heterocycles. The summed E-state index contributed by atoms with van der Waals surface area (Å²) in [5, 5.41) is 14.2. The molecule has 7 nitrogen and oxygen atoms in total. The highest BCUT2D eigenvalue weighted by Crippen LogP contribution is 2.44. The molecule has 2 amide bonds. The molecule has 1 unspecified atom stereocenters. The van der Waals surface area contributed by atoms with E-state index in [9.17, 15) is 14.4 Å². The number of allylic oxidation sites excluding steroid dienone is 1. The zero-order valence-corrected chi connectivity index (χ0v) is 17.9. The van der Waals surface area contributed by atoms with E-state index in [-0.39, 0.29) is 25.4 Å². The molecule has 1 aliphatic carbocycles. The van der Waals surface area contributed by atoms with Crippen LogP contribution in [0.3, 0.4) is 0 Å². The summed E-state index contributed by atoms with van der Waals surface area (Å²) in [7, 11) is 0. The van der Waals surface area contributed by atoms with Crippen molar-refractivity contribution in [2.75, 3.05) is 13.2 Å². The average Bonchev–Trinajstić information content (AvgIpc) is 3.11. The van der Waals surface area contributed by atoms with Crippen LogP contribution in [-0.2, 0) is 14.3 Å². The standard InChI is InChI=1S/C25H28N2O5/c1-2-3-8-15-26-24(30)22(13-14-23(28)29)27-25(31)32-16-21-19-11-6-4-9-17(19)18-10-5-7-12-20(18)21/h2,4-7,9-12,21-22H,1,3,8,13-16H2,(H,26,30)(H,27,31)(H,28,29). The van der Waals surface area contributed by atoms with E-state index < -0.39 is 24.0 Å². The Morgan fingerprint density at radius 3 is 2.28 bits per heavy atom. The van der Waals surface area contributed by atoms with Gasteiger partial charge in [-0.1, -0.05) is 54.6 Å². The van der Waals surface area contributed by atoms with E-state index in [1.54, 1.807) is 6.08 Å². The summed E-state index contributed by atoms with van der Waals surface area (Å²) in [5.41, 5.74) is 4.42. The molecule has 0 radical (unpaired) electrons. The maximum Gasteiger partial charge on any atom is 0.407 e. The van der Waals surface area contributed by atoms with E-state index in [4.69, 9.17) is 9.84 Å². The smallest absolute Gasteiger partial charge is 0.407 e. The predicted molar refractivity (Wildman–Crippen MR) is 121 cm³/mol. The van der Waals surface area contributed by atoms with Crippen LogP contribution < -0.4 is 10.6 Å². The summed E-state index contributed by atoms with van der Waals surface area (Å²) < 4.78 is 5.48. The molecule has 0 bridgehead atoms. The number of ether oxygens (including phenoxy) is 1. The van der Waals surface area contributed by atoms with Crippen LogP contribution in [0.1, 0.15) is 42.7 Å². The number of benzene rings is 2. The fraction of sp³-hybridized carbons (Fsp3) is 0.320. The molecule has 1 aliphatic rings. The summed E-state index contributed by atoms with van der Waals surface area (Å²) in [6, 6.07) is 15.0. The monoisotopic (exact) mass is 436 g/mol. The second-order valence-corrected chi connectivity index (χ2v) is 7.68. The summed E-state index contributed by atoms with van der Waals surface area (Å²) in [5.74, 6) is -1.56. The Kier molecular flexibility index (Phi) is 8.02. The Hall–Kier alpha value is -3.61. The number of amides is 2. The van der Waals surface area contributed by atoms with Gasteiger partial charge in [-0.2, -0.15) is 0 Å². The summed E-state index contributed by atoms with van der Waals surface area (Å²) in [4.78, 5) is 35.9. The van der Waals surface area contributed by atoms with E-state index >= 15 is 0 Å². The number of fused-ring (bicyclic) bond motifs is 3. The molecule has 0 aromatic heterocycles. The number of rotatable bonds is 11. The van der Waals surface area contributed by atoms with Crippen LogP contribution in [0.4, 0.5) is 4.79 Å². The van der Waals surface area contributed by atoms with Gasteiger partial charge in [-0.15, -0.1) is 6.58 Å². The molecule has 3 rings (SSSR count). The van der Waals surface area contributed by atoms with Gasteiger partial charge < -0.3 is 20.5 Å². The van der Waals surface area contributed by atoms with Crippen molar-refractivity contribution in [2.24, 2.45) is 0 Å². The van der Waals surface area contributed by atoms with Gasteiger partial charge in [0.15, 0.2) is 0 Å². The highest BCUT2D eigenvalue weighted by atomic mass is 16.5. The van der Waals surface area contributed by atoms with E-state index in [1.807, 2.05) is 48.5 Å². The van der Waals surface area contributed by atoms with E-state index in [2.05, 4.69) is 17.2 Å². The molecule has 168 valence electrons. The first-order chi connectivity index (χ1) is 15.5. The minimum atomic E-state index is -1.04. The van der Waals surface area contributed by atoms with Gasteiger partial charge >= 0.3 is 12.1 Å². The fourth-order valence-corrected chi connectivity index (χ4v) is 3.90. The van der Waals surface area contributed by atoms with Crippen molar-refractivity contribution in [3.63, 3.8) is 0 Å². The first-order valence-corrected chi connectivity index (χ1v) is 10.7. The highest BCUT2D eigenvalue weighted by molar-refractivity contribution is 5.86. The first kappa shape index (κ1) is 23.1. The third-order valence-corrected chi connectivity index (χ3v) is 5.48. The number of carbonyl (C=O) groups is 3. The van der Waals surface area contributed by atoms with Crippen LogP contribution in [0.2, 0.25) is 0 Å². The second kappa shape index (κ2) is 11.1. The van der Waals surface area contributed by atoms with Gasteiger partial charge in [0, 0.05) is 18.9 Å². The summed E-state index contributed by atoms with van der Waals surface area (Å²) >= 11 is 0. The Morgan fingerprint density at radius 1 is 1.06 bits per heavy atom. The summed E-state index contributed by atoms with van der Waals surface area (Å²) in [6.07, 6.45) is 2.21. The van der Waals surface area contributed by atoms with Crippen molar-refractivity contribution in [2.45, 2.75) is 37.6 Å². The van der Waals surface area contributed by atoms with Crippen LogP contribution in [0.5, 0.6) is 0 Å². The summed E-state index contributed by atoms with van der Waals surface area (Å²) in [6.45, 7) is 4.17. The number of carboxylic acid groups (broad SMARTS) is 1. The maximum atomic E-state index is 12.5. The molecule has 0 saturated heterocycles. The normalized spacial score (nSPS) is 12.9. The van der Waals surface area contributed by atoms with Gasteiger partial charge in [0.2, 0.25) is 5.91 Å². The van der Waals surface area contributed by atoms with Crippen LogP contribution in [-0.4, -0.2) is 42.3 Å². The van der Waals surface area contributed by atoms with Gasteiger partial charge in [0.05, 0.1) is 0 Å². The molecular weight excluding hydrogens is 408 g/mol. The van der Waals surface area contributed by atoms with Gasteiger partial charge in [0.25, 0.3) is 0 Å². The lowest BCUT2D eigenvalue weighted by molar-refractivity contribution is -0.137. The topological polar surface area (TPSA) is 105 Å². The molecular formula is C25H28N2O5. The number of carboxylic acids is 1. The van der Waals surface area contributed by atoms with Crippen LogP contribution in [0, 0.1) is 0 Å². The van der Waals surface area contributed by atoms with Crippen LogP contribution in [0.25, 0.3) is 11.1 Å². The van der Waals surface area contributed by atoms with Crippen molar-refractivity contribution in [3.05, 3.63) is 72.3 Å². The van der Waals surface area contributed by atoms with Crippen LogP contribution in [0.15, 0.2) is 61.2 Å². The lowest BCUT2D eigenvalue weighted by atomic mass is 9.98. The molecule has 7 heteroatoms. The SMILES string of the molecule is C=CCCCNC(=O)C(CCC(=O)O)NC(=O)OCC1c2ccccc2-c2ccccc21. The highest BCUT2D eigenvalue weighted by Gasteiger charge is 2.29. The van der Waals surface area contributed by atoms with Crippen molar-refractivity contribution in [1.82, 2.24) is 10.6 Å². The number of alkyl carbamates (subject to hydrolysis) is 1. The maximum absolute atomic E-state index is 12.5. The molecule has 0 spiro atoms. The van der Waals surface area contributed by atoms with E-state index in [0.29, 0.717) is 13.0 Å². The van der Waals surface area contributed by atoms with Crippen LogP contribution >= 0.6 is 0 Å². The quantitative estimate of drug-likeness (QED) is 0.367. The third-order valence-electron chi connectivity index (χ3n) is 5.48. The first-order valence-electron chi connectivity index (χ1n) is 10.7. The zero-order valence-electron chi connectivity index (χ0n) is 17.9. The number of hydrogen-bond donors (Lipinski definition) is 3. The Morgan fingerprint density at radius 2 is 1.69 bits per heavy atom. The second-order valence-electron chi connectivity index (χ2n) is 7.68. The van der Waals surface area contributed by atoms with Crippen molar-refractivity contribution >= 4 is 18.0 Å². The van der Waals surface area contributed by atoms with Gasteiger partial charge in [-0.25, -0.2) is 4.79 Å². The number of nitrogens with one attached hydrogen (secondary N) is 2. The molecule has 0 fully saturated rings. The lowest BCUT2D eigenvalue weighted by Crippen LogP contribution is -2.47. The molecule has 1 atom stereocenters. The number of carbonyl (C=O) groups excluding carboxylic acids is 2. The molecule has 2 aromatic rings. The van der Waals surface area contributed by atoms with Gasteiger partial charge in [0.1, 0.15) is 12.6 Å². The van der Waals surface area contributed by atoms with Gasteiger partial charge in [-0.05, 0) is 41.5 Å². The molecule has 32 heavy (non-hydrogen) atoms. The van der Waals surface area contributed by atoms with E-state index in [1.165, 1.54) is 0 Å². The van der Waals surface area contributed by atoms with Gasteiger partial charge in [-0.3, -0.25) is 9.59 Å². The number of hydrogen-bond acceptors (Lipinski definition) is 4. The minimum absolute atomic E-state index is 0.0210. The Bertz CT molecular complexity index is 942.